The van der Waals surface area contributed by atoms with E-state index >= 15 is 0 Å². The smallest absolute Gasteiger partial charge is 0.244 e. The highest BCUT2D eigenvalue weighted by Crippen LogP contribution is 2.29. The van der Waals surface area contributed by atoms with E-state index in [-0.39, 0.29) is 23.4 Å². The van der Waals surface area contributed by atoms with Gasteiger partial charge in [-0.15, -0.1) is 0 Å². The second-order valence-electron chi connectivity index (χ2n) is 7.47. The first-order valence-corrected chi connectivity index (χ1v) is 10.7. The number of anilines is 1. The van der Waals surface area contributed by atoms with Crippen LogP contribution in [0.3, 0.4) is 0 Å². The third-order valence-corrected chi connectivity index (χ3v) is 5.55. The molecule has 1 amide bonds. The zero-order valence-electron chi connectivity index (χ0n) is 18.5. The Morgan fingerprint density at radius 3 is 2.44 bits per heavy atom. The average molecular weight is 477 g/mol. The molecule has 1 aromatic heterocycles. The monoisotopic (exact) mass is 476 g/mol. The number of aromatic nitrogens is 1. The molecule has 0 atom stereocenters. The summed E-state index contributed by atoms with van der Waals surface area (Å²) in [7, 11) is 3.03. The van der Waals surface area contributed by atoms with Crippen LogP contribution in [0, 0.1) is 0 Å². The molecule has 0 saturated carbocycles. The number of hydrogen-bond acceptors (Lipinski definition) is 5. The fourth-order valence-corrected chi connectivity index (χ4v) is 3.83. The van der Waals surface area contributed by atoms with E-state index in [9.17, 15) is 14.4 Å². The molecular weight excluding hydrogens is 456 g/mol. The first-order chi connectivity index (χ1) is 16.4. The second-order valence-corrected chi connectivity index (χ2v) is 7.91. The van der Waals surface area contributed by atoms with Crippen LogP contribution in [0.1, 0.15) is 15.9 Å². The number of fused-ring (bicyclic) bond motifs is 1. The van der Waals surface area contributed by atoms with Gasteiger partial charge in [-0.05, 0) is 30.3 Å². The van der Waals surface area contributed by atoms with Crippen molar-refractivity contribution in [3.63, 3.8) is 0 Å². The number of hydrogen-bond donors (Lipinski definition) is 1. The number of rotatable bonds is 7. The maximum absolute atomic E-state index is 13.1. The van der Waals surface area contributed by atoms with Gasteiger partial charge in [-0.1, -0.05) is 41.9 Å². The molecule has 1 N–H and O–H groups in total. The summed E-state index contributed by atoms with van der Waals surface area (Å²) >= 11 is 6.13. The Kier molecular flexibility index (Phi) is 6.65. The molecule has 0 saturated heterocycles. The maximum atomic E-state index is 13.1. The minimum absolute atomic E-state index is 0.0456. The van der Waals surface area contributed by atoms with Gasteiger partial charge < -0.3 is 19.4 Å². The average Bonchev–Trinajstić information content (AvgIpc) is 2.86. The molecule has 4 aromatic rings. The SMILES string of the molecule is COc1ccc(NC(=O)Cn2cc(C(=O)c3ccccc3)c(=O)c3cc(Cl)ccc32)c(OC)c1. The summed E-state index contributed by atoms with van der Waals surface area (Å²) in [5.74, 6) is 0.214. The summed E-state index contributed by atoms with van der Waals surface area (Å²) in [6.45, 7) is -0.150. The van der Waals surface area contributed by atoms with Crippen molar-refractivity contribution in [2.24, 2.45) is 0 Å². The fourth-order valence-electron chi connectivity index (χ4n) is 3.65. The topological polar surface area (TPSA) is 86.6 Å². The van der Waals surface area contributed by atoms with Crippen molar-refractivity contribution in [3.8, 4) is 11.5 Å². The van der Waals surface area contributed by atoms with Crippen molar-refractivity contribution < 1.29 is 19.1 Å². The summed E-state index contributed by atoms with van der Waals surface area (Å²) in [5, 5.41) is 3.41. The maximum Gasteiger partial charge on any atom is 0.244 e. The minimum atomic E-state index is -0.445. The molecular formula is C26H21ClN2O5. The number of halogens is 1. The van der Waals surface area contributed by atoms with E-state index in [2.05, 4.69) is 5.32 Å². The Morgan fingerprint density at radius 2 is 1.74 bits per heavy atom. The second kappa shape index (κ2) is 9.80. The number of amides is 1. The van der Waals surface area contributed by atoms with Crippen LogP contribution < -0.4 is 20.2 Å². The number of carbonyl (C=O) groups is 2. The Bertz CT molecular complexity index is 1450. The molecule has 7 nitrogen and oxygen atoms in total. The standard InChI is InChI=1S/C26H21ClN2O5/c1-33-18-9-10-21(23(13-18)34-2)28-24(30)15-29-14-20(25(31)16-6-4-3-5-7-16)26(32)19-12-17(27)8-11-22(19)29/h3-14H,15H2,1-2H3,(H,28,30). The highest BCUT2D eigenvalue weighted by molar-refractivity contribution is 6.31. The Hall–Kier alpha value is -4.10. The molecule has 0 aliphatic heterocycles. The molecule has 0 radical (unpaired) electrons. The quantitative estimate of drug-likeness (QED) is 0.396. The number of pyridine rings is 1. The van der Waals surface area contributed by atoms with Crippen LogP contribution in [0.4, 0.5) is 5.69 Å². The lowest BCUT2D eigenvalue weighted by molar-refractivity contribution is -0.116. The lowest BCUT2D eigenvalue weighted by Crippen LogP contribution is -2.24. The third kappa shape index (κ3) is 4.65. The van der Waals surface area contributed by atoms with Crippen molar-refractivity contribution in [2.75, 3.05) is 19.5 Å². The first kappa shape index (κ1) is 23.1. The molecule has 1 heterocycles. The molecule has 34 heavy (non-hydrogen) atoms. The van der Waals surface area contributed by atoms with E-state index < -0.39 is 11.2 Å². The van der Waals surface area contributed by atoms with Gasteiger partial charge in [0.05, 0.1) is 31.0 Å². The van der Waals surface area contributed by atoms with E-state index in [0.717, 1.165) is 0 Å². The number of carbonyl (C=O) groups excluding carboxylic acids is 2. The lowest BCUT2D eigenvalue weighted by atomic mass is 10.0. The predicted octanol–water partition coefficient (Wildman–Crippen LogP) is 4.54. The van der Waals surface area contributed by atoms with Crippen LogP contribution >= 0.6 is 11.6 Å². The van der Waals surface area contributed by atoms with Gasteiger partial charge >= 0.3 is 0 Å². The zero-order valence-corrected chi connectivity index (χ0v) is 19.3. The summed E-state index contributed by atoms with van der Waals surface area (Å²) < 4.78 is 12.1. The van der Waals surface area contributed by atoms with Crippen LogP contribution in [0.25, 0.3) is 10.9 Å². The Morgan fingerprint density at radius 1 is 0.971 bits per heavy atom. The van der Waals surface area contributed by atoms with Gasteiger partial charge in [0, 0.05) is 28.2 Å². The van der Waals surface area contributed by atoms with Gasteiger partial charge in [-0.2, -0.15) is 0 Å². The van der Waals surface area contributed by atoms with Crippen LogP contribution in [0.2, 0.25) is 5.02 Å². The van der Waals surface area contributed by atoms with E-state index in [0.29, 0.717) is 33.3 Å². The largest absolute Gasteiger partial charge is 0.497 e. The molecule has 4 rings (SSSR count). The van der Waals surface area contributed by atoms with E-state index in [4.69, 9.17) is 21.1 Å². The van der Waals surface area contributed by atoms with Crippen LogP contribution in [-0.2, 0) is 11.3 Å². The van der Waals surface area contributed by atoms with Gasteiger partial charge in [-0.25, -0.2) is 0 Å². The zero-order chi connectivity index (χ0) is 24.2. The molecule has 0 aliphatic carbocycles. The third-order valence-electron chi connectivity index (χ3n) is 5.32. The van der Waals surface area contributed by atoms with E-state index in [1.165, 1.54) is 26.5 Å². The Balaban J connectivity index is 1.73. The van der Waals surface area contributed by atoms with Crippen molar-refractivity contribution >= 4 is 39.9 Å². The van der Waals surface area contributed by atoms with Crippen molar-refractivity contribution in [1.82, 2.24) is 4.57 Å². The van der Waals surface area contributed by atoms with Crippen molar-refractivity contribution in [1.29, 1.82) is 0 Å². The normalized spacial score (nSPS) is 10.7. The van der Waals surface area contributed by atoms with E-state index in [1.54, 1.807) is 65.2 Å². The number of methoxy groups -OCH3 is 2. The van der Waals surface area contributed by atoms with Gasteiger partial charge in [0.1, 0.15) is 18.0 Å². The number of benzene rings is 3. The van der Waals surface area contributed by atoms with Crippen molar-refractivity contribution in [2.45, 2.75) is 6.54 Å². The van der Waals surface area contributed by atoms with Crippen LogP contribution in [-0.4, -0.2) is 30.5 Å². The summed E-state index contributed by atoms with van der Waals surface area (Å²) in [4.78, 5) is 39.2. The number of ketones is 1. The van der Waals surface area contributed by atoms with Gasteiger partial charge in [0.25, 0.3) is 0 Å². The van der Waals surface area contributed by atoms with E-state index in [1.807, 2.05) is 0 Å². The molecule has 0 aliphatic rings. The predicted molar refractivity (Wildman–Crippen MR) is 131 cm³/mol. The molecule has 3 aromatic carbocycles. The van der Waals surface area contributed by atoms with Crippen LogP contribution in [0.5, 0.6) is 11.5 Å². The summed E-state index contributed by atoms with van der Waals surface area (Å²) in [6, 6.07) is 18.3. The summed E-state index contributed by atoms with van der Waals surface area (Å²) in [6.07, 6.45) is 1.42. The van der Waals surface area contributed by atoms with Crippen LogP contribution in [0.15, 0.2) is 77.7 Å². The van der Waals surface area contributed by atoms with Crippen molar-refractivity contribution in [3.05, 3.63) is 99.3 Å². The Labute approximate surface area is 200 Å². The lowest BCUT2D eigenvalue weighted by Gasteiger charge is -2.15. The molecule has 0 spiro atoms. The highest BCUT2D eigenvalue weighted by Gasteiger charge is 2.19. The van der Waals surface area contributed by atoms with Gasteiger partial charge in [-0.3, -0.25) is 14.4 Å². The molecule has 0 bridgehead atoms. The highest BCUT2D eigenvalue weighted by atomic mass is 35.5. The molecule has 0 fully saturated rings. The summed E-state index contributed by atoms with van der Waals surface area (Å²) in [5.41, 5.74) is 0.828. The molecule has 8 heteroatoms. The van der Waals surface area contributed by atoms with Gasteiger partial charge in [0.2, 0.25) is 11.3 Å². The van der Waals surface area contributed by atoms with Gasteiger partial charge in [0.15, 0.2) is 5.78 Å². The fraction of sp³-hybridized carbons (Fsp3) is 0.115. The number of nitrogens with one attached hydrogen (secondary N) is 1. The first-order valence-electron chi connectivity index (χ1n) is 10.4. The molecule has 172 valence electrons. The minimum Gasteiger partial charge on any atom is -0.497 e. The molecule has 0 unspecified atom stereocenters. The number of nitrogens with zero attached hydrogens (tertiary/aromatic N) is 1. The number of ether oxygens (including phenoxy) is 2.